The Morgan fingerprint density at radius 2 is 2.10 bits per heavy atom. The normalized spacial score (nSPS) is 17.1. The quantitative estimate of drug-likeness (QED) is 0.838. The lowest BCUT2D eigenvalue weighted by atomic mass is 10.1. The standard InChI is InChI=1S/C18H16N2O/c1-20-16-11-7-6-10-15(16)19-18(21-2)17(20)13-12-14-8-4-3-5-9-14/h3-4,6-8,10-13,17H,1-2H3/b13-12+. The zero-order chi connectivity index (χ0) is 14.7. The number of hydrogen-bond donors (Lipinski definition) is 0. The summed E-state index contributed by atoms with van der Waals surface area (Å²) in [6.07, 6.45) is 4.08. The van der Waals surface area contributed by atoms with Gasteiger partial charge in [-0.25, -0.2) is 4.99 Å². The largest absolute Gasteiger partial charge is 0.482 e. The average molecular weight is 276 g/mol. The monoisotopic (exact) mass is 276 g/mol. The molecule has 104 valence electrons. The van der Waals surface area contributed by atoms with Crippen molar-refractivity contribution in [3.8, 4) is 0 Å². The number of likely N-dealkylation sites (N-methyl/N-ethyl adjacent to an activating group) is 1. The van der Waals surface area contributed by atoms with Crippen LogP contribution in [0.3, 0.4) is 0 Å². The van der Waals surface area contributed by atoms with E-state index in [2.05, 4.69) is 34.2 Å². The number of aliphatic imine (C=N–C) groups is 1. The van der Waals surface area contributed by atoms with E-state index in [1.54, 1.807) is 7.11 Å². The molecule has 0 saturated heterocycles. The Kier molecular flexibility index (Phi) is 3.61. The maximum Gasteiger partial charge on any atom is 0.215 e. The predicted octanol–water partition coefficient (Wildman–Crippen LogP) is 3.50. The van der Waals surface area contributed by atoms with E-state index in [0.29, 0.717) is 5.90 Å². The topological polar surface area (TPSA) is 24.8 Å². The minimum Gasteiger partial charge on any atom is -0.482 e. The fourth-order valence-corrected chi connectivity index (χ4v) is 2.39. The summed E-state index contributed by atoms with van der Waals surface area (Å²) >= 11 is 0. The molecular weight excluding hydrogens is 260 g/mol. The number of hydrogen-bond acceptors (Lipinski definition) is 3. The molecular formula is C18H16N2O. The molecule has 0 spiro atoms. The molecule has 0 N–H and O–H groups in total. The van der Waals surface area contributed by atoms with Crippen LogP contribution < -0.4 is 4.90 Å². The first-order valence-electron chi connectivity index (χ1n) is 6.80. The van der Waals surface area contributed by atoms with E-state index in [-0.39, 0.29) is 6.04 Å². The number of fused-ring (bicyclic) bond motifs is 1. The van der Waals surface area contributed by atoms with Gasteiger partial charge in [-0.2, -0.15) is 0 Å². The molecule has 0 aliphatic carbocycles. The first kappa shape index (κ1) is 13.3. The molecule has 0 aromatic heterocycles. The van der Waals surface area contributed by atoms with Crippen LogP contribution in [0.15, 0.2) is 53.5 Å². The van der Waals surface area contributed by atoms with Crippen LogP contribution in [0.1, 0.15) is 5.56 Å². The molecule has 1 aliphatic rings. The zero-order valence-electron chi connectivity index (χ0n) is 12.1. The molecule has 2 aromatic rings. The van der Waals surface area contributed by atoms with Crippen molar-refractivity contribution in [1.82, 2.24) is 0 Å². The highest BCUT2D eigenvalue weighted by Crippen LogP contribution is 2.33. The summed E-state index contributed by atoms with van der Waals surface area (Å²) in [4.78, 5) is 6.75. The van der Waals surface area contributed by atoms with Gasteiger partial charge in [-0.1, -0.05) is 36.4 Å². The van der Waals surface area contributed by atoms with Crippen molar-refractivity contribution >= 4 is 23.3 Å². The summed E-state index contributed by atoms with van der Waals surface area (Å²) in [5.74, 6) is 0.687. The minimum atomic E-state index is -0.0292. The molecule has 1 heterocycles. The Labute approximate surface area is 125 Å². The fourth-order valence-electron chi connectivity index (χ4n) is 2.39. The van der Waals surface area contributed by atoms with Gasteiger partial charge in [0.15, 0.2) is 0 Å². The number of para-hydroxylation sites is 2. The van der Waals surface area contributed by atoms with Gasteiger partial charge < -0.3 is 9.64 Å². The molecule has 2 aromatic carbocycles. The lowest BCUT2D eigenvalue weighted by molar-refractivity contribution is 0.386. The van der Waals surface area contributed by atoms with Gasteiger partial charge in [0.2, 0.25) is 5.90 Å². The van der Waals surface area contributed by atoms with E-state index in [9.17, 15) is 0 Å². The van der Waals surface area contributed by atoms with Crippen LogP contribution in [0.5, 0.6) is 0 Å². The number of anilines is 1. The Morgan fingerprint density at radius 3 is 2.86 bits per heavy atom. The Hall–Kier alpha value is -2.73. The van der Waals surface area contributed by atoms with E-state index >= 15 is 0 Å². The van der Waals surface area contributed by atoms with E-state index in [1.807, 2.05) is 49.5 Å². The zero-order valence-corrected chi connectivity index (χ0v) is 12.1. The van der Waals surface area contributed by atoms with Gasteiger partial charge in [0.25, 0.3) is 0 Å². The first-order chi connectivity index (χ1) is 10.3. The van der Waals surface area contributed by atoms with Gasteiger partial charge >= 0.3 is 0 Å². The molecule has 1 unspecified atom stereocenters. The minimum absolute atomic E-state index is 0.0292. The van der Waals surface area contributed by atoms with Crippen LogP contribution in [-0.4, -0.2) is 26.1 Å². The second-order valence-corrected chi connectivity index (χ2v) is 4.81. The molecule has 21 heavy (non-hydrogen) atoms. The summed E-state index contributed by atoms with van der Waals surface area (Å²) in [6, 6.07) is 19.8. The molecule has 0 bridgehead atoms. The summed E-state index contributed by atoms with van der Waals surface area (Å²) < 4.78 is 5.46. The first-order valence-corrected chi connectivity index (χ1v) is 6.80. The Morgan fingerprint density at radius 1 is 1.24 bits per heavy atom. The molecule has 0 saturated carbocycles. The van der Waals surface area contributed by atoms with Crippen molar-refractivity contribution < 1.29 is 4.74 Å². The smallest absolute Gasteiger partial charge is 0.215 e. The van der Waals surface area contributed by atoms with Crippen LogP contribution in [-0.2, 0) is 4.74 Å². The van der Waals surface area contributed by atoms with Crippen molar-refractivity contribution in [3.63, 3.8) is 0 Å². The highest BCUT2D eigenvalue weighted by Gasteiger charge is 2.26. The third-order valence-electron chi connectivity index (χ3n) is 3.50. The van der Waals surface area contributed by atoms with Gasteiger partial charge in [0.05, 0.1) is 18.5 Å². The van der Waals surface area contributed by atoms with Crippen LogP contribution in [0.4, 0.5) is 11.4 Å². The molecule has 3 heteroatoms. The summed E-state index contributed by atoms with van der Waals surface area (Å²) in [5, 5.41) is 0. The predicted molar refractivity (Wildman–Crippen MR) is 85.9 cm³/mol. The molecule has 1 aliphatic heterocycles. The number of benzene rings is 1. The van der Waals surface area contributed by atoms with Gasteiger partial charge in [-0.15, -0.1) is 0 Å². The van der Waals surface area contributed by atoms with Crippen LogP contribution >= 0.6 is 0 Å². The Balaban J connectivity index is 1.94. The maximum absolute atomic E-state index is 5.46. The molecule has 0 amide bonds. The number of methoxy groups -OCH3 is 1. The molecule has 3 nitrogen and oxygen atoms in total. The van der Waals surface area contributed by atoms with Crippen molar-refractivity contribution in [2.45, 2.75) is 6.04 Å². The molecule has 0 fully saturated rings. The highest BCUT2D eigenvalue weighted by molar-refractivity contribution is 5.95. The van der Waals surface area contributed by atoms with E-state index in [0.717, 1.165) is 16.9 Å². The van der Waals surface area contributed by atoms with Gasteiger partial charge in [0.1, 0.15) is 6.04 Å². The van der Waals surface area contributed by atoms with Crippen molar-refractivity contribution in [2.75, 3.05) is 19.1 Å². The lowest BCUT2D eigenvalue weighted by Crippen LogP contribution is -2.40. The molecule has 3 rings (SSSR count). The van der Waals surface area contributed by atoms with Crippen molar-refractivity contribution in [2.24, 2.45) is 4.99 Å². The average Bonchev–Trinajstić information content (AvgIpc) is 2.55. The summed E-state index contributed by atoms with van der Waals surface area (Å²) in [6.45, 7) is 0. The van der Waals surface area contributed by atoms with Gasteiger partial charge in [-0.05, 0) is 30.3 Å². The van der Waals surface area contributed by atoms with Crippen molar-refractivity contribution in [1.29, 1.82) is 0 Å². The summed E-state index contributed by atoms with van der Waals surface area (Å²) in [5.41, 5.74) is 3.01. The third-order valence-corrected chi connectivity index (χ3v) is 3.50. The number of nitrogens with zero attached hydrogens (tertiary/aromatic N) is 2. The van der Waals surface area contributed by atoms with Gasteiger partial charge in [-0.3, -0.25) is 0 Å². The second kappa shape index (κ2) is 5.72. The van der Waals surface area contributed by atoms with Crippen LogP contribution in [0, 0.1) is 12.1 Å². The highest BCUT2D eigenvalue weighted by atomic mass is 16.5. The number of rotatable bonds is 2. The second-order valence-electron chi connectivity index (χ2n) is 4.81. The van der Waals surface area contributed by atoms with Crippen molar-refractivity contribution in [3.05, 3.63) is 66.2 Å². The fraction of sp³-hybridized carbons (Fsp3) is 0.167. The van der Waals surface area contributed by atoms with E-state index in [1.165, 1.54) is 0 Å². The van der Waals surface area contributed by atoms with E-state index < -0.39 is 0 Å². The number of ether oxygens (including phenoxy) is 1. The molecule has 0 radical (unpaired) electrons. The SMILES string of the molecule is COC1=Nc2ccccc2N(C)C1/C=C/c1c#cccc1. The van der Waals surface area contributed by atoms with E-state index in [4.69, 9.17) is 4.74 Å². The maximum atomic E-state index is 5.46. The Bertz CT molecular complexity index is 677. The van der Waals surface area contributed by atoms with Crippen LogP contribution in [0.2, 0.25) is 0 Å². The van der Waals surface area contributed by atoms with Gasteiger partial charge in [0, 0.05) is 12.6 Å². The molecule has 1 atom stereocenters. The summed E-state index contributed by atoms with van der Waals surface area (Å²) in [7, 11) is 3.70. The third kappa shape index (κ3) is 2.61. The lowest BCUT2D eigenvalue weighted by Gasteiger charge is -2.32. The van der Waals surface area contributed by atoms with Crippen LogP contribution in [0.25, 0.3) is 6.08 Å².